The van der Waals surface area contributed by atoms with E-state index in [-0.39, 0.29) is 30.1 Å². The fourth-order valence-electron chi connectivity index (χ4n) is 6.84. The van der Waals surface area contributed by atoms with E-state index in [9.17, 15) is 14.4 Å². The second-order valence-electron chi connectivity index (χ2n) is 12.1. The average molecular weight is 584 g/mol. The van der Waals surface area contributed by atoms with Crippen molar-refractivity contribution in [2.45, 2.75) is 97.2 Å². The summed E-state index contributed by atoms with van der Waals surface area (Å²) in [5.74, 6) is -0.127. The lowest BCUT2D eigenvalue weighted by Gasteiger charge is -2.27. The highest BCUT2D eigenvalue weighted by atomic mass is 16.5. The number of amides is 1. The lowest BCUT2D eigenvalue weighted by molar-refractivity contribution is -0.140. The second-order valence-corrected chi connectivity index (χ2v) is 12.1. The van der Waals surface area contributed by atoms with Gasteiger partial charge >= 0.3 is 0 Å². The Morgan fingerprint density at radius 3 is 2.60 bits per heavy atom. The van der Waals surface area contributed by atoms with E-state index in [0.29, 0.717) is 31.6 Å². The van der Waals surface area contributed by atoms with Crippen molar-refractivity contribution >= 4 is 34.0 Å². The number of aryl methyl sites for hydroxylation is 2. The second kappa shape index (κ2) is 12.4. The lowest BCUT2D eigenvalue weighted by atomic mass is 9.96. The summed E-state index contributed by atoms with van der Waals surface area (Å²) < 4.78 is 9.92. The van der Waals surface area contributed by atoms with Crippen LogP contribution in [0.4, 0.5) is 0 Å². The number of ketones is 2. The van der Waals surface area contributed by atoms with Gasteiger partial charge in [-0.25, -0.2) is 9.50 Å². The minimum atomic E-state index is -0.554. The molecule has 0 N–H and O–H groups in total. The number of nitrogens with zero attached hydrogens (tertiary/aromatic N) is 5. The van der Waals surface area contributed by atoms with Crippen molar-refractivity contribution in [2.75, 3.05) is 13.2 Å². The molecule has 2 aliphatic heterocycles. The molecule has 0 radical (unpaired) electrons. The largest absolute Gasteiger partial charge is 0.376 e. The maximum atomic E-state index is 13.9. The molecule has 2 atom stereocenters. The summed E-state index contributed by atoms with van der Waals surface area (Å²) >= 11 is 0. The van der Waals surface area contributed by atoms with Crippen LogP contribution in [0, 0.1) is 6.92 Å². The Hall–Kier alpha value is -3.85. The number of benzene rings is 1. The van der Waals surface area contributed by atoms with Gasteiger partial charge in [0, 0.05) is 60.7 Å². The maximum absolute atomic E-state index is 13.9. The van der Waals surface area contributed by atoms with Gasteiger partial charge in [-0.1, -0.05) is 32.6 Å². The third-order valence-corrected chi connectivity index (χ3v) is 9.02. The number of hydrogen-bond acceptors (Lipinski definition) is 6. The molecular formula is C34H41N5O4. The van der Waals surface area contributed by atoms with Gasteiger partial charge in [0.15, 0.2) is 17.2 Å². The highest BCUT2D eigenvalue weighted by Gasteiger charge is 2.41. The van der Waals surface area contributed by atoms with Crippen LogP contribution < -0.4 is 0 Å². The summed E-state index contributed by atoms with van der Waals surface area (Å²) in [5.41, 5.74) is 6.19. The lowest BCUT2D eigenvalue weighted by Crippen LogP contribution is -2.46. The van der Waals surface area contributed by atoms with Crippen molar-refractivity contribution in [1.29, 1.82) is 0 Å². The average Bonchev–Trinajstić information content (AvgIpc) is 3.69. The van der Waals surface area contributed by atoms with E-state index in [1.807, 2.05) is 49.1 Å². The summed E-state index contributed by atoms with van der Waals surface area (Å²) in [4.78, 5) is 46.2. The molecule has 9 heteroatoms. The van der Waals surface area contributed by atoms with Crippen LogP contribution in [0.25, 0.3) is 27.7 Å². The quantitative estimate of drug-likeness (QED) is 0.285. The van der Waals surface area contributed by atoms with Gasteiger partial charge in [-0.05, 0) is 62.8 Å². The molecule has 3 aromatic heterocycles. The highest BCUT2D eigenvalue weighted by molar-refractivity contribution is 6.09. The monoisotopic (exact) mass is 583 g/mol. The minimum absolute atomic E-state index is 0.0406. The predicted octanol–water partition coefficient (Wildman–Crippen LogP) is 5.72. The van der Waals surface area contributed by atoms with Crippen LogP contribution in [0.1, 0.15) is 86.8 Å². The van der Waals surface area contributed by atoms with Crippen LogP contribution in [0.15, 0.2) is 36.8 Å². The standard InChI is InChI=1S/C34H41N5O4/c1-4-29(41)34-30-12-13-38(34)32(42)21-37-20-28(23(3)40)27-17-25(26-18-35-31-15-22(2)36-39(31)19-26)16-24(33(27)37)11-9-7-5-6-8-10-14-43-30/h15-20,30,34H,4-14,21H2,1-3H3/t30-,34-/m1/s1. The zero-order chi connectivity index (χ0) is 30.1. The zero-order valence-electron chi connectivity index (χ0n) is 25.5. The van der Waals surface area contributed by atoms with Crippen molar-refractivity contribution in [3.05, 3.63) is 53.6 Å². The highest BCUT2D eigenvalue weighted by Crippen LogP contribution is 2.34. The van der Waals surface area contributed by atoms with E-state index in [1.165, 1.54) is 0 Å². The molecule has 1 saturated heterocycles. The van der Waals surface area contributed by atoms with E-state index >= 15 is 0 Å². The van der Waals surface area contributed by atoms with Crippen molar-refractivity contribution in [2.24, 2.45) is 0 Å². The topological polar surface area (TPSA) is 98.8 Å². The number of carbonyl (C=O) groups excluding carboxylic acids is 3. The van der Waals surface area contributed by atoms with Crippen molar-refractivity contribution in [1.82, 2.24) is 24.1 Å². The first-order valence-electron chi connectivity index (χ1n) is 15.8. The third kappa shape index (κ3) is 5.87. The Bertz CT molecular complexity index is 1690. The fourth-order valence-corrected chi connectivity index (χ4v) is 6.84. The normalized spacial score (nSPS) is 20.5. The number of hydrogen-bond donors (Lipinski definition) is 0. The molecule has 226 valence electrons. The van der Waals surface area contributed by atoms with Crippen molar-refractivity contribution in [3.8, 4) is 11.1 Å². The maximum Gasteiger partial charge on any atom is 0.243 e. The first kappa shape index (κ1) is 29.2. The summed E-state index contributed by atoms with van der Waals surface area (Å²) in [6, 6.07) is 5.62. The Morgan fingerprint density at radius 1 is 1.02 bits per heavy atom. The molecular weight excluding hydrogens is 542 g/mol. The first-order valence-corrected chi connectivity index (χ1v) is 15.8. The third-order valence-electron chi connectivity index (χ3n) is 9.02. The van der Waals surface area contributed by atoms with Gasteiger partial charge in [-0.2, -0.15) is 5.10 Å². The van der Waals surface area contributed by atoms with Gasteiger partial charge in [0.1, 0.15) is 12.6 Å². The number of fused-ring (bicyclic) bond motifs is 3. The van der Waals surface area contributed by atoms with Crippen LogP contribution in [0.2, 0.25) is 0 Å². The van der Waals surface area contributed by atoms with Crippen molar-refractivity contribution < 1.29 is 19.1 Å². The molecule has 5 heterocycles. The van der Waals surface area contributed by atoms with Gasteiger partial charge in [0.05, 0.1) is 17.3 Å². The van der Waals surface area contributed by atoms with E-state index in [1.54, 1.807) is 16.3 Å². The molecule has 2 aliphatic rings. The number of Topliss-reactive ketones (excluding diaryl/α,β-unsaturated/α-hetero) is 2. The SMILES string of the molecule is CCC(=O)[C@@H]1[C@H]2CCN1C(=O)Cn1cc(C(C)=O)c3cc(-c4cnc5cc(C)nn5c4)cc(c31)CCCCCCCCO2. The molecule has 0 spiro atoms. The van der Waals surface area contributed by atoms with Gasteiger partial charge in [0.2, 0.25) is 5.91 Å². The Kier molecular flexibility index (Phi) is 8.43. The van der Waals surface area contributed by atoms with Crippen LogP contribution in [-0.2, 0) is 27.3 Å². The molecule has 1 amide bonds. The molecule has 4 aromatic rings. The summed E-state index contributed by atoms with van der Waals surface area (Å²) in [7, 11) is 0. The van der Waals surface area contributed by atoms with Gasteiger partial charge in [-0.15, -0.1) is 0 Å². The van der Waals surface area contributed by atoms with E-state index in [4.69, 9.17) is 4.74 Å². The van der Waals surface area contributed by atoms with E-state index < -0.39 is 6.04 Å². The van der Waals surface area contributed by atoms with E-state index in [0.717, 1.165) is 83.9 Å². The molecule has 1 aromatic carbocycles. The van der Waals surface area contributed by atoms with Gasteiger partial charge < -0.3 is 14.2 Å². The molecule has 0 saturated carbocycles. The molecule has 9 nitrogen and oxygen atoms in total. The summed E-state index contributed by atoms with van der Waals surface area (Å²) in [6.45, 7) is 6.55. The van der Waals surface area contributed by atoms with Gasteiger partial charge in [0.25, 0.3) is 0 Å². The van der Waals surface area contributed by atoms with Crippen molar-refractivity contribution in [3.63, 3.8) is 0 Å². The van der Waals surface area contributed by atoms with Crippen LogP contribution in [0.5, 0.6) is 0 Å². The molecule has 2 bridgehead atoms. The van der Waals surface area contributed by atoms with Gasteiger partial charge in [-0.3, -0.25) is 14.4 Å². The smallest absolute Gasteiger partial charge is 0.243 e. The fraction of sp³-hybridized carbons (Fsp3) is 0.500. The molecule has 1 fully saturated rings. The molecule has 0 unspecified atom stereocenters. The Balaban J connectivity index is 1.45. The number of ether oxygens (including phenoxy) is 1. The molecule has 0 aliphatic carbocycles. The number of aromatic nitrogens is 4. The zero-order valence-corrected chi connectivity index (χ0v) is 25.5. The number of carbonyl (C=O) groups is 3. The summed E-state index contributed by atoms with van der Waals surface area (Å²) in [6.07, 6.45) is 13.7. The molecule has 43 heavy (non-hydrogen) atoms. The summed E-state index contributed by atoms with van der Waals surface area (Å²) in [5, 5.41) is 5.38. The first-order chi connectivity index (χ1) is 20.8. The minimum Gasteiger partial charge on any atom is -0.376 e. The van der Waals surface area contributed by atoms with Crippen LogP contribution >= 0.6 is 0 Å². The van der Waals surface area contributed by atoms with E-state index in [2.05, 4.69) is 16.1 Å². The predicted molar refractivity (Wildman–Crippen MR) is 165 cm³/mol. The van der Waals surface area contributed by atoms with Crippen LogP contribution in [-0.4, -0.2) is 66.8 Å². The Morgan fingerprint density at radius 2 is 1.81 bits per heavy atom. The molecule has 6 rings (SSSR count). The van der Waals surface area contributed by atoms with Crippen LogP contribution in [0.3, 0.4) is 0 Å². The Labute approximate surface area is 252 Å². The number of rotatable bonds is 4.